The van der Waals surface area contributed by atoms with Gasteiger partial charge < -0.3 is 24.6 Å². The van der Waals surface area contributed by atoms with E-state index in [1.807, 2.05) is 0 Å². The normalized spacial score (nSPS) is 2.75. The minimum atomic E-state index is 0. The smallest absolute Gasteiger partial charge is 0.693 e. The van der Waals surface area contributed by atoms with Crippen molar-refractivity contribution in [2.75, 3.05) is 0 Å². The summed E-state index contributed by atoms with van der Waals surface area (Å²) in [5, 5.41) is 0. The van der Waals surface area contributed by atoms with Crippen LogP contribution in [0.3, 0.4) is 0 Å². The molecule has 0 saturated heterocycles. The molecule has 8 heteroatoms. The summed E-state index contributed by atoms with van der Waals surface area (Å²) in [6.07, 6.45) is 0. The molecule has 0 aromatic heterocycles. The van der Waals surface area contributed by atoms with Crippen molar-refractivity contribution in [3.63, 3.8) is 0 Å². The average Bonchev–Trinajstić information content (AvgIpc) is 0.918. The van der Waals surface area contributed by atoms with Gasteiger partial charge in [-0.25, -0.2) is 0 Å². The van der Waals surface area contributed by atoms with Crippen molar-refractivity contribution in [3.8, 4) is 0 Å². The average molecular weight is 230 g/mol. The van der Waals surface area contributed by atoms with E-state index in [0.29, 0.717) is 12.9 Å². The molecule has 0 radical (unpaired) electrons. The van der Waals surface area contributed by atoms with Gasteiger partial charge in [-0.3, -0.25) is 0 Å². The molecular formula is H9Cl3CoN4-4. The van der Waals surface area contributed by atoms with Crippen LogP contribution in [-0.2, 0) is 12.9 Å². The van der Waals surface area contributed by atoms with Crippen molar-refractivity contribution < 1.29 is 12.9 Å². The fraction of sp³-hybridized carbons (Fsp3) is 0. The third kappa shape index (κ3) is 188. The summed E-state index contributed by atoms with van der Waals surface area (Å²) in [7, 11) is 9.47. The molecule has 0 unspecified atom stereocenters. The van der Waals surface area contributed by atoms with Gasteiger partial charge in [0.1, 0.15) is 0 Å². The van der Waals surface area contributed by atoms with E-state index in [-0.39, 0.29) is 37.0 Å². The Morgan fingerprint density at radius 2 is 0.750 bits per heavy atom. The number of rotatable bonds is 0. The fourth-order valence-corrected chi connectivity index (χ4v) is 0. The van der Waals surface area contributed by atoms with Crippen molar-refractivity contribution >= 4 is 32.7 Å². The summed E-state index contributed by atoms with van der Waals surface area (Å²) in [4.78, 5) is 0. The van der Waals surface area contributed by atoms with Crippen LogP contribution >= 0.6 is 32.7 Å². The maximum Gasteiger partial charge on any atom is -0.693 e. The Hall–Kier alpha value is 1.22. The SMILES string of the molecule is Cl.[Cl][Co][Cl].[NH2-].[NH2-].[NH2-].[NH2-]. The van der Waals surface area contributed by atoms with Crippen LogP contribution in [0, 0.1) is 0 Å². The maximum atomic E-state index is 4.73. The summed E-state index contributed by atoms with van der Waals surface area (Å²) < 4.78 is 0. The topological polar surface area (TPSA) is 134 Å². The Balaban J connectivity index is -0.00000000200. The second-order valence-corrected chi connectivity index (χ2v) is 1.77. The number of hydrogen-bond acceptors (Lipinski definition) is 0. The fourth-order valence-electron chi connectivity index (χ4n) is 0. The van der Waals surface area contributed by atoms with Gasteiger partial charge in [-0.1, -0.05) is 0 Å². The van der Waals surface area contributed by atoms with Gasteiger partial charge in [0, 0.05) is 0 Å². The second-order valence-electron chi connectivity index (χ2n) is 0.0476. The Bertz CT molecular complexity index is 11.2. The first-order valence-corrected chi connectivity index (χ1v) is 3.12. The van der Waals surface area contributed by atoms with E-state index in [9.17, 15) is 0 Å². The number of halogens is 3. The summed E-state index contributed by atoms with van der Waals surface area (Å²) in [6.45, 7) is 0. The quantitative estimate of drug-likeness (QED) is 0.571. The van der Waals surface area contributed by atoms with Crippen molar-refractivity contribution in [2.24, 2.45) is 0 Å². The third-order valence-corrected chi connectivity index (χ3v) is 0. The maximum absolute atomic E-state index is 4.73. The van der Waals surface area contributed by atoms with Crippen molar-refractivity contribution in [1.82, 2.24) is 0 Å². The zero-order valence-corrected chi connectivity index (χ0v) is 7.18. The molecule has 0 spiro atoms. The Labute approximate surface area is 70.3 Å². The van der Waals surface area contributed by atoms with Gasteiger partial charge in [0.25, 0.3) is 0 Å². The molecule has 0 amide bonds. The number of nitrogens with two attached hydrogens (primary N) is 4. The van der Waals surface area contributed by atoms with Crippen LogP contribution < -0.4 is 0 Å². The molecule has 0 aromatic rings. The molecule has 0 saturated carbocycles. The minimum Gasteiger partial charge on any atom is -0.693 e. The summed E-state index contributed by atoms with van der Waals surface area (Å²) in [5.41, 5.74) is 0. The summed E-state index contributed by atoms with van der Waals surface area (Å²) in [5.74, 6) is 0. The van der Waals surface area contributed by atoms with Gasteiger partial charge in [0.05, 0.1) is 0 Å². The van der Waals surface area contributed by atoms with E-state index in [0.717, 1.165) is 0 Å². The van der Waals surface area contributed by atoms with Crippen molar-refractivity contribution in [1.29, 1.82) is 0 Å². The Kier molecular flexibility index (Phi) is 655. The molecule has 0 heterocycles. The zero-order valence-electron chi connectivity index (χ0n) is 3.81. The van der Waals surface area contributed by atoms with Crippen LogP contribution in [0.4, 0.5) is 0 Å². The molecule has 0 aliphatic heterocycles. The van der Waals surface area contributed by atoms with Gasteiger partial charge in [0.2, 0.25) is 0 Å². The van der Waals surface area contributed by atoms with E-state index in [2.05, 4.69) is 0 Å². The van der Waals surface area contributed by atoms with E-state index in [1.54, 1.807) is 0 Å². The van der Waals surface area contributed by atoms with Crippen LogP contribution in [0.2, 0.25) is 0 Å². The van der Waals surface area contributed by atoms with Gasteiger partial charge in [-0.15, -0.1) is 12.4 Å². The van der Waals surface area contributed by atoms with Crippen LogP contribution in [0.5, 0.6) is 0 Å². The number of hydrogen-bond donors (Lipinski definition) is 0. The molecule has 8 N–H and O–H groups in total. The standard InChI is InChI=1S/3ClH.Co.4H2N/h3*1H;;4*1H2/q;;;+2;4*-1/p-2. The molecule has 4 nitrogen and oxygen atoms in total. The molecule has 0 bridgehead atoms. The van der Waals surface area contributed by atoms with Gasteiger partial charge >= 0.3 is 33.2 Å². The largest absolute Gasteiger partial charge is 0.693 e. The molecule has 0 aliphatic rings. The van der Waals surface area contributed by atoms with E-state index in [1.165, 1.54) is 0 Å². The zero-order chi connectivity index (χ0) is 2.71. The molecule has 8 heavy (non-hydrogen) atoms. The monoisotopic (exact) mass is 229 g/mol. The molecule has 0 rings (SSSR count). The first-order chi connectivity index (χ1) is 1.41. The molecule has 0 aliphatic carbocycles. The molecule has 0 fully saturated rings. The van der Waals surface area contributed by atoms with Gasteiger partial charge in [-0.05, 0) is 0 Å². The first-order valence-electron chi connectivity index (χ1n) is 0.252. The van der Waals surface area contributed by atoms with Crippen LogP contribution in [-0.4, -0.2) is 0 Å². The van der Waals surface area contributed by atoms with Crippen molar-refractivity contribution in [3.05, 3.63) is 24.6 Å². The predicted molar refractivity (Wildman–Crippen MR) is 40.1 cm³/mol. The Morgan fingerprint density at radius 3 is 0.750 bits per heavy atom. The van der Waals surface area contributed by atoms with Crippen LogP contribution in [0.15, 0.2) is 0 Å². The van der Waals surface area contributed by atoms with E-state index >= 15 is 0 Å². The van der Waals surface area contributed by atoms with Crippen LogP contribution in [0.1, 0.15) is 0 Å². The van der Waals surface area contributed by atoms with E-state index < -0.39 is 0 Å². The molecule has 0 aromatic carbocycles. The van der Waals surface area contributed by atoms with Gasteiger partial charge in [-0.2, -0.15) is 0 Å². The molecule has 0 atom stereocenters. The van der Waals surface area contributed by atoms with Crippen molar-refractivity contribution in [2.45, 2.75) is 0 Å². The minimum absolute atomic E-state index is 0. The van der Waals surface area contributed by atoms with Crippen LogP contribution in [0.25, 0.3) is 24.6 Å². The van der Waals surface area contributed by atoms with E-state index in [4.69, 9.17) is 20.3 Å². The molecular weight excluding hydrogens is 221 g/mol. The third-order valence-electron chi connectivity index (χ3n) is 0. The van der Waals surface area contributed by atoms with Gasteiger partial charge in [0.15, 0.2) is 0 Å². The summed E-state index contributed by atoms with van der Waals surface area (Å²) >= 11 is 0.382. The Morgan fingerprint density at radius 1 is 0.750 bits per heavy atom. The summed E-state index contributed by atoms with van der Waals surface area (Å²) in [6, 6.07) is 0. The predicted octanol–water partition coefficient (Wildman–Crippen LogP) is 4.67. The first kappa shape index (κ1) is 60.1. The molecule has 63 valence electrons. The second kappa shape index (κ2) is 87.1.